The number of likely N-dealkylation sites (tertiary alicyclic amines) is 1. The summed E-state index contributed by atoms with van der Waals surface area (Å²) < 4.78 is 0. The van der Waals surface area contributed by atoms with Crippen LogP contribution in [0.5, 0.6) is 0 Å². The third-order valence-corrected chi connectivity index (χ3v) is 4.17. The fraction of sp³-hybridized carbons (Fsp3) is 0.867. The van der Waals surface area contributed by atoms with Gasteiger partial charge in [-0.1, -0.05) is 20.8 Å². The highest BCUT2D eigenvalue weighted by Gasteiger charge is 2.27. The molecule has 1 saturated heterocycles. The molecule has 0 aromatic rings. The first-order valence-corrected chi connectivity index (χ1v) is 7.55. The van der Waals surface area contributed by atoms with Crippen molar-refractivity contribution in [2.24, 2.45) is 11.3 Å². The highest BCUT2D eigenvalue weighted by Crippen LogP contribution is 2.29. The molecule has 5 nitrogen and oxygen atoms in total. The van der Waals surface area contributed by atoms with E-state index in [2.05, 4.69) is 19.2 Å². The number of hydrogen-bond donors (Lipinski definition) is 2. The zero-order valence-corrected chi connectivity index (χ0v) is 12.9. The van der Waals surface area contributed by atoms with Crippen molar-refractivity contribution in [3.8, 4) is 0 Å². The molecule has 0 saturated carbocycles. The van der Waals surface area contributed by atoms with E-state index in [1.54, 1.807) is 0 Å². The van der Waals surface area contributed by atoms with Gasteiger partial charge in [0.05, 0.1) is 0 Å². The molecule has 1 rings (SSSR count). The Hall–Kier alpha value is -1.26. The first-order chi connectivity index (χ1) is 9.30. The van der Waals surface area contributed by atoms with Gasteiger partial charge in [0, 0.05) is 26.1 Å². The van der Waals surface area contributed by atoms with E-state index in [4.69, 9.17) is 5.11 Å². The second kappa shape index (κ2) is 7.50. The maximum absolute atomic E-state index is 12.0. The monoisotopic (exact) mass is 284 g/mol. The number of aliphatic carboxylic acids is 1. The molecule has 0 aliphatic carbocycles. The predicted octanol–water partition coefficient (Wildman–Crippen LogP) is 2.71. The van der Waals surface area contributed by atoms with E-state index < -0.39 is 5.97 Å². The number of carboxylic acid groups (broad SMARTS) is 1. The molecule has 116 valence electrons. The maximum atomic E-state index is 12.0. The van der Waals surface area contributed by atoms with Crippen molar-refractivity contribution in [1.82, 2.24) is 10.2 Å². The Morgan fingerprint density at radius 1 is 1.25 bits per heavy atom. The van der Waals surface area contributed by atoms with Crippen LogP contribution in [0.3, 0.4) is 0 Å². The number of nitrogens with one attached hydrogen (secondary N) is 1. The highest BCUT2D eigenvalue weighted by atomic mass is 16.4. The second-order valence-electron chi connectivity index (χ2n) is 6.71. The number of piperidine rings is 1. The molecule has 5 heteroatoms. The average molecular weight is 284 g/mol. The molecule has 1 aliphatic rings. The van der Waals surface area contributed by atoms with Gasteiger partial charge >= 0.3 is 12.0 Å². The van der Waals surface area contributed by atoms with Gasteiger partial charge in [-0.2, -0.15) is 0 Å². The highest BCUT2D eigenvalue weighted by molar-refractivity contribution is 5.74. The summed E-state index contributed by atoms with van der Waals surface area (Å²) in [6.07, 6.45) is 3.81. The van der Waals surface area contributed by atoms with Crippen LogP contribution in [-0.2, 0) is 4.79 Å². The second-order valence-corrected chi connectivity index (χ2v) is 6.71. The van der Waals surface area contributed by atoms with Crippen molar-refractivity contribution in [3.05, 3.63) is 0 Å². The van der Waals surface area contributed by atoms with Gasteiger partial charge in [0.25, 0.3) is 0 Å². The van der Waals surface area contributed by atoms with E-state index in [1.165, 1.54) is 0 Å². The van der Waals surface area contributed by atoms with Gasteiger partial charge in [-0.15, -0.1) is 0 Å². The Bertz CT molecular complexity index is 332. The zero-order chi connectivity index (χ0) is 15.2. The smallest absolute Gasteiger partial charge is 0.317 e. The Balaban J connectivity index is 2.16. The van der Waals surface area contributed by atoms with Gasteiger partial charge in [-0.05, 0) is 37.0 Å². The molecule has 0 radical (unpaired) electrons. The molecule has 1 aliphatic heterocycles. The van der Waals surface area contributed by atoms with Crippen LogP contribution in [0.25, 0.3) is 0 Å². The fourth-order valence-corrected chi connectivity index (χ4v) is 2.37. The number of carbonyl (C=O) groups excluding carboxylic acids is 1. The first kappa shape index (κ1) is 16.8. The summed E-state index contributed by atoms with van der Waals surface area (Å²) >= 11 is 0. The molecule has 20 heavy (non-hydrogen) atoms. The number of carboxylic acids is 1. The molecule has 0 aromatic carbocycles. The minimum atomic E-state index is -0.753. The van der Waals surface area contributed by atoms with Gasteiger partial charge in [-0.3, -0.25) is 4.79 Å². The predicted molar refractivity (Wildman–Crippen MR) is 78.6 cm³/mol. The lowest BCUT2D eigenvalue weighted by Crippen LogP contribution is -2.46. The normalized spacial score (nSPS) is 19.4. The van der Waals surface area contributed by atoms with E-state index in [9.17, 15) is 9.59 Å². The van der Waals surface area contributed by atoms with Gasteiger partial charge in [-0.25, -0.2) is 4.79 Å². The molecule has 1 fully saturated rings. The van der Waals surface area contributed by atoms with Crippen LogP contribution >= 0.6 is 0 Å². The Morgan fingerprint density at radius 2 is 1.85 bits per heavy atom. The fourth-order valence-electron chi connectivity index (χ4n) is 2.37. The molecule has 2 N–H and O–H groups in total. The summed E-state index contributed by atoms with van der Waals surface area (Å²) in [5.74, 6) is -0.427. The summed E-state index contributed by atoms with van der Waals surface area (Å²) in [6, 6.07) is 0.0194. The number of hydrogen-bond acceptors (Lipinski definition) is 2. The molecule has 1 atom stereocenters. The summed E-state index contributed by atoms with van der Waals surface area (Å²) in [5, 5.41) is 11.5. The van der Waals surface area contributed by atoms with Crippen molar-refractivity contribution in [3.63, 3.8) is 0 Å². The number of rotatable bonds is 6. The summed E-state index contributed by atoms with van der Waals surface area (Å²) in [7, 11) is 0. The van der Waals surface area contributed by atoms with E-state index in [0.29, 0.717) is 24.3 Å². The van der Waals surface area contributed by atoms with Crippen LogP contribution in [0.15, 0.2) is 0 Å². The lowest BCUT2D eigenvalue weighted by Gasteiger charge is -2.36. The van der Waals surface area contributed by atoms with Crippen LogP contribution in [0.4, 0.5) is 4.79 Å². The van der Waals surface area contributed by atoms with E-state index in [1.807, 2.05) is 11.8 Å². The lowest BCUT2D eigenvalue weighted by molar-refractivity contribution is -0.137. The summed E-state index contributed by atoms with van der Waals surface area (Å²) in [4.78, 5) is 24.3. The molecular weight excluding hydrogens is 256 g/mol. The van der Waals surface area contributed by atoms with Gasteiger partial charge < -0.3 is 15.3 Å². The van der Waals surface area contributed by atoms with E-state index >= 15 is 0 Å². The molecule has 0 spiro atoms. The Morgan fingerprint density at radius 3 is 2.40 bits per heavy atom. The Labute approximate surface area is 121 Å². The zero-order valence-electron chi connectivity index (χ0n) is 12.9. The third kappa shape index (κ3) is 6.26. The number of amides is 2. The van der Waals surface area contributed by atoms with Crippen molar-refractivity contribution in [2.45, 2.75) is 52.9 Å². The largest absolute Gasteiger partial charge is 0.481 e. The van der Waals surface area contributed by atoms with Crippen LogP contribution < -0.4 is 5.32 Å². The third-order valence-electron chi connectivity index (χ3n) is 4.17. The SMILES string of the molecule is CC(CCNC(=O)N1CCC(C)(C)CC1)CCC(=O)O. The van der Waals surface area contributed by atoms with Crippen molar-refractivity contribution < 1.29 is 14.7 Å². The Kier molecular flexibility index (Phi) is 6.30. The van der Waals surface area contributed by atoms with Gasteiger partial charge in [0.15, 0.2) is 0 Å². The van der Waals surface area contributed by atoms with Crippen LogP contribution in [0.1, 0.15) is 52.9 Å². The van der Waals surface area contributed by atoms with Crippen LogP contribution in [0.2, 0.25) is 0 Å². The van der Waals surface area contributed by atoms with Crippen LogP contribution in [0, 0.1) is 11.3 Å². The lowest BCUT2D eigenvalue weighted by atomic mass is 9.83. The molecule has 1 heterocycles. The molecule has 2 amide bonds. The van der Waals surface area contributed by atoms with Crippen LogP contribution in [-0.4, -0.2) is 41.6 Å². The topological polar surface area (TPSA) is 69.6 Å². The molecular formula is C15H28N2O3. The van der Waals surface area contributed by atoms with Gasteiger partial charge in [0.2, 0.25) is 0 Å². The molecule has 0 aromatic heterocycles. The van der Waals surface area contributed by atoms with Crippen molar-refractivity contribution in [1.29, 1.82) is 0 Å². The summed E-state index contributed by atoms with van der Waals surface area (Å²) in [5.41, 5.74) is 0.349. The standard InChI is InChI=1S/C15H28N2O3/c1-12(4-5-13(18)19)6-9-16-14(20)17-10-7-15(2,3)8-11-17/h12H,4-11H2,1-3H3,(H,16,20)(H,18,19). The molecule has 1 unspecified atom stereocenters. The molecule has 0 bridgehead atoms. The number of carbonyl (C=O) groups is 2. The van der Waals surface area contributed by atoms with E-state index in [-0.39, 0.29) is 12.5 Å². The van der Waals surface area contributed by atoms with Gasteiger partial charge in [0.1, 0.15) is 0 Å². The quantitative estimate of drug-likeness (QED) is 0.788. The number of nitrogens with zero attached hydrogens (tertiary/aromatic N) is 1. The average Bonchev–Trinajstić information content (AvgIpc) is 2.36. The number of urea groups is 1. The van der Waals surface area contributed by atoms with Crippen molar-refractivity contribution >= 4 is 12.0 Å². The maximum Gasteiger partial charge on any atom is 0.317 e. The van der Waals surface area contributed by atoms with Crippen molar-refractivity contribution in [2.75, 3.05) is 19.6 Å². The van der Waals surface area contributed by atoms with E-state index in [0.717, 1.165) is 32.4 Å². The minimum absolute atomic E-state index is 0.0194. The minimum Gasteiger partial charge on any atom is -0.481 e. The first-order valence-electron chi connectivity index (χ1n) is 7.55. The summed E-state index contributed by atoms with van der Waals surface area (Å²) in [6.45, 7) is 8.79.